The molecule has 0 heterocycles. The summed E-state index contributed by atoms with van der Waals surface area (Å²) in [6.45, 7) is 5.34. The van der Waals surface area contributed by atoms with E-state index < -0.39 is 9.84 Å². The SMILES string of the molecule is CCCNC(C)CCS(=O)(=O)CCOC. The summed E-state index contributed by atoms with van der Waals surface area (Å²) >= 11 is 0. The molecule has 92 valence electrons. The highest BCUT2D eigenvalue weighted by atomic mass is 32.2. The molecule has 1 unspecified atom stereocenters. The van der Waals surface area contributed by atoms with Crippen LogP contribution in [0.2, 0.25) is 0 Å². The maximum absolute atomic E-state index is 11.5. The van der Waals surface area contributed by atoms with Gasteiger partial charge in [-0.15, -0.1) is 0 Å². The molecule has 0 spiro atoms. The molecule has 1 atom stereocenters. The Morgan fingerprint density at radius 2 is 2.00 bits per heavy atom. The summed E-state index contributed by atoms with van der Waals surface area (Å²) < 4.78 is 27.7. The summed E-state index contributed by atoms with van der Waals surface area (Å²) in [5.74, 6) is 0.373. The Bertz CT molecular complexity index is 239. The second kappa shape index (κ2) is 8.07. The van der Waals surface area contributed by atoms with Gasteiger partial charge in [-0.2, -0.15) is 0 Å². The van der Waals surface area contributed by atoms with E-state index in [1.807, 2.05) is 6.92 Å². The van der Waals surface area contributed by atoms with Crippen LogP contribution in [0.3, 0.4) is 0 Å². The fraction of sp³-hybridized carbons (Fsp3) is 1.00. The number of nitrogens with one attached hydrogen (secondary N) is 1. The molecule has 1 N–H and O–H groups in total. The number of ether oxygens (including phenoxy) is 1. The minimum absolute atomic E-state index is 0.129. The summed E-state index contributed by atoms with van der Waals surface area (Å²) in [6, 6.07) is 0.266. The van der Waals surface area contributed by atoms with Crippen LogP contribution in [0.15, 0.2) is 0 Å². The molecule has 0 amide bonds. The molecule has 0 rings (SSSR count). The van der Waals surface area contributed by atoms with E-state index in [4.69, 9.17) is 4.74 Å². The van der Waals surface area contributed by atoms with E-state index in [1.54, 1.807) is 0 Å². The van der Waals surface area contributed by atoms with Crippen molar-refractivity contribution < 1.29 is 13.2 Å². The van der Waals surface area contributed by atoms with Crippen molar-refractivity contribution in [2.75, 3.05) is 31.8 Å². The molecule has 0 saturated carbocycles. The molecule has 4 nitrogen and oxygen atoms in total. The van der Waals surface area contributed by atoms with Crippen LogP contribution < -0.4 is 5.32 Å². The number of hydrogen-bond acceptors (Lipinski definition) is 4. The number of rotatable bonds is 9. The fourth-order valence-electron chi connectivity index (χ4n) is 1.16. The molecule has 0 saturated heterocycles. The van der Waals surface area contributed by atoms with E-state index in [0.717, 1.165) is 13.0 Å². The molecular weight excluding hydrogens is 214 g/mol. The van der Waals surface area contributed by atoms with Gasteiger partial charge in [0, 0.05) is 13.2 Å². The summed E-state index contributed by atoms with van der Waals surface area (Å²) in [4.78, 5) is 0. The van der Waals surface area contributed by atoms with Gasteiger partial charge in [-0.25, -0.2) is 8.42 Å². The third-order valence-electron chi connectivity index (χ3n) is 2.20. The Hall–Kier alpha value is -0.130. The van der Waals surface area contributed by atoms with Crippen LogP contribution in [0, 0.1) is 0 Å². The second-order valence-corrected chi connectivity index (χ2v) is 6.09. The Morgan fingerprint density at radius 1 is 1.33 bits per heavy atom. The Balaban J connectivity index is 3.72. The summed E-state index contributed by atoms with van der Waals surface area (Å²) in [5, 5.41) is 3.27. The summed E-state index contributed by atoms with van der Waals surface area (Å²) in [5.41, 5.74) is 0. The zero-order chi connectivity index (χ0) is 11.7. The highest BCUT2D eigenvalue weighted by Crippen LogP contribution is 1.98. The first kappa shape index (κ1) is 14.9. The Labute approximate surface area is 93.3 Å². The number of sulfone groups is 1. The van der Waals surface area contributed by atoms with Gasteiger partial charge in [-0.05, 0) is 26.3 Å². The molecular formula is C10H23NO3S. The molecule has 0 aliphatic heterocycles. The molecule has 0 bridgehead atoms. The molecule has 0 aliphatic rings. The molecule has 0 radical (unpaired) electrons. The lowest BCUT2D eigenvalue weighted by Gasteiger charge is -2.12. The zero-order valence-electron chi connectivity index (χ0n) is 9.95. The molecule has 5 heteroatoms. The topological polar surface area (TPSA) is 55.4 Å². The van der Waals surface area contributed by atoms with Gasteiger partial charge < -0.3 is 10.1 Å². The van der Waals surface area contributed by atoms with Crippen molar-refractivity contribution in [2.45, 2.75) is 32.7 Å². The Kier molecular flexibility index (Phi) is 8.00. The Morgan fingerprint density at radius 3 is 2.53 bits per heavy atom. The van der Waals surface area contributed by atoms with Gasteiger partial charge in [-0.1, -0.05) is 6.92 Å². The van der Waals surface area contributed by atoms with Crippen molar-refractivity contribution in [2.24, 2.45) is 0 Å². The number of hydrogen-bond donors (Lipinski definition) is 1. The van der Waals surface area contributed by atoms with Crippen LogP contribution in [-0.2, 0) is 14.6 Å². The molecule has 0 aliphatic carbocycles. The first-order valence-corrected chi connectivity index (χ1v) is 7.26. The van der Waals surface area contributed by atoms with E-state index in [0.29, 0.717) is 13.0 Å². The van der Waals surface area contributed by atoms with Gasteiger partial charge >= 0.3 is 0 Å². The van der Waals surface area contributed by atoms with Crippen LogP contribution in [0.4, 0.5) is 0 Å². The molecule has 0 fully saturated rings. The monoisotopic (exact) mass is 237 g/mol. The van der Waals surface area contributed by atoms with Crippen molar-refractivity contribution in [3.63, 3.8) is 0 Å². The first-order valence-electron chi connectivity index (χ1n) is 5.44. The predicted molar refractivity (Wildman–Crippen MR) is 62.9 cm³/mol. The van der Waals surface area contributed by atoms with Crippen molar-refractivity contribution in [3.05, 3.63) is 0 Å². The minimum atomic E-state index is -2.93. The smallest absolute Gasteiger partial charge is 0.152 e. The normalized spacial score (nSPS) is 14.1. The standard InChI is InChI=1S/C10H23NO3S/c1-4-6-11-10(2)5-8-15(12,13)9-7-14-3/h10-11H,4-9H2,1-3H3. The highest BCUT2D eigenvalue weighted by molar-refractivity contribution is 7.91. The zero-order valence-corrected chi connectivity index (χ0v) is 10.8. The maximum Gasteiger partial charge on any atom is 0.152 e. The average molecular weight is 237 g/mol. The third kappa shape index (κ3) is 8.84. The molecule has 0 aromatic rings. The molecule has 15 heavy (non-hydrogen) atoms. The highest BCUT2D eigenvalue weighted by Gasteiger charge is 2.12. The van der Waals surface area contributed by atoms with Crippen molar-refractivity contribution in [1.29, 1.82) is 0 Å². The fourth-order valence-corrected chi connectivity index (χ4v) is 2.50. The number of methoxy groups -OCH3 is 1. The lowest BCUT2D eigenvalue weighted by Crippen LogP contribution is -2.29. The van der Waals surface area contributed by atoms with Gasteiger partial charge in [0.05, 0.1) is 18.1 Å². The summed E-state index contributed by atoms with van der Waals surface area (Å²) in [6.07, 6.45) is 1.74. The maximum atomic E-state index is 11.5. The van der Waals surface area contributed by atoms with Gasteiger partial charge in [0.15, 0.2) is 9.84 Å². The molecule has 0 aromatic heterocycles. The van der Waals surface area contributed by atoms with E-state index in [2.05, 4.69) is 12.2 Å². The lowest BCUT2D eigenvalue weighted by molar-refractivity contribution is 0.217. The minimum Gasteiger partial charge on any atom is -0.384 e. The van der Waals surface area contributed by atoms with Crippen molar-refractivity contribution in [3.8, 4) is 0 Å². The average Bonchev–Trinajstić information content (AvgIpc) is 2.21. The van der Waals surface area contributed by atoms with Crippen LogP contribution in [-0.4, -0.2) is 46.2 Å². The van der Waals surface area contributed by atoms with Crippen LogP contribution in [0.5, 0.6) is 0 Å². The quantitative estimate of drug-likeness (QED) is 0.645. The third-order valence-corrected chi connectivity index (χ3v) is 3.85. The van der Waals surface area contributed by atoms with E-state index >= 15 is 0 Å². The van der Waals surface area contributed by atoms with Gasteiger partial charge in [0.2, 0.25) is 0 Å². The predicted octanol–water partition coefficient (Wildman–Crippen LogP) is 0.826. The van der Waals surface area contributed by atoms with E-state index in [1.165, 1.54) is 7.11 Å². The van der Waals surface area contributed by atoms with Crippen molar-refractivity contribution >= 4 is 9.84 Å². The van der Waals surface area contributed by atoms with Crippen LogP contribution in [0.25, 0.3) is 0 Å². The van der Waals surface area contributed by atoms with Gasteiger partial charge in [-0.3, -0.25) is 0 Å². The van der Waals surface area contributed by atoms with Gasteiger partial charge in [0.25, 0.3) is 0 Å². The van der Waals surface area contributed by atoms with Crippen LogP contribution >= 0.6 is 0 Å². The largest absolute Gasteiger partial charge is 0.384 e. The van der Waals surface area contributed by atoms with Gasteiger partial charge in [0.1, 0.15) is 0 Å². The van der Waals surface area contributed by atoms with Crippen molar-refractivity contribution in [1.82, 2.24) is 5.32 Å². The van der Waals surface area contributed by atoms with E-state index in [9.17, 15) is 8.42 Å². The molecule has 0 aromatic carbocycles. The van der Waals surface area contributed by atoms with Crippen LogP contribution in [0.1, 0.15) is 26.7 Å². The lowest BCUT2D eigenvalue weighted by atomic mass is 10.2. The first-order chi connectivity index (χ1) is 7.02. The van der Waals surface area contributed by atoms with E-state index in [-0.39, 0.29) is 17.5 Å². The second-order valence-electron chi connectivity index (χ2n) is 3.79. The summed E-state index contributed by atoms with van der Waals surface area (Å²) in [7, 11) is -1.41.